The van der Waals surface area contributed by atoms with E-state index in [-0.39, 0.29) is 11.2 Å². The van der Waals surface area contributed by atoms with E-state index < -0.39 is 0 Å². The highest BCUT2D eigenvalue weighted by molar-refractivity contribution is 9.10. The van der Waals surface area contributed by atoms with Crippen molar-refractivity contribution in [3.05, 3.63) is 28.2 Å². The van der Waals surface area contributed by atoms with Crippen molar-refractivity contribution in [3.63, 3.8) is 0 Å². The fourth-order valence-electron chi connectivity index (χ4n) is 2.90. The zero-order chi connectivity index (χ0) is 14.3. The zero-order valence-electron chi connectivity index (χ0n) is 12.2. The van der Waals surface area contributed by atoms with Crippen LogP contribution in [0, 0.1) is 0 Å². The minimum Gasteiger partial charge on any atom is -0.366 e. The van der Waals surface area contributed by atoms with Crippen LogP contribution in [0.5, 0.6) is 0 Å². The molecule has 0 spiro atoms. The molecule has 1 aromatic rings. The first-order valence-electron chi connectivity index (χ1n) is 6.65. The van der Waals surface area contributed by atoms with Crippen LogP contribution in [0.15, 0.2) is 22.7 Å². The van der Waals surface area contributed by atoms with Crippen molar-refractivity contribution in [2.45, 2.75) is 45.4 Å². The Morgan fingerprint density at radius 2 is 1.74 bits per heavy atom. The molecule has 0 amide bonds. The van der Waals surface area contributed by atoms with Crippen LogP contribution in [0.3, 0.4) is 0 Å². The second-order valence-electron chi connectivity index (χ2n) is 6.50. The Kier molecular flexibility index (Phi) is 3.96. The van der Waals surface area contributed by atoms with Crippen LogP contribution in [0.1, 0.15) is 33.3 Å². The van der Waals surface area contributed by atoms with Crippen LogP contribution in [-0.2, 0) is 11.3 Å². The molecule has 0 bridgehead atoms. The molecule has 106 valence electrons. The minimum absolute atomic E-state index is 0.146. The number of rotatable bonds is 2. The van der Waals surface area contributed by atoms with Gasteiger partial charge in [-0.1, -0.05) is 15.9 Å². The number of hydrogen-bond acceptors (Lipinski definition) is 3. The largest absolute Gasteiger partial charge is 0.366 e. The molecule has 0 saturated carbocycles. The molecule has 0 unspecified atom stereocenters. The fraction of sp³-hybridized carbons (Fsp3) is 0.600. The summed E-state index contributed by atoms with van der Waals surface area (Å²) in [5.74, 6) is 0. The van der Waals surface area contributed by atoms with E-state index in [1.54, 1.807) is 0 Å². The van der Waals surface area contributed by atoms with E-state index >= 15 is 0 Å². The average Bonchev–Trinajstić information content (AvgIpc) is 2.24. The summed E-state index contributed by atoms with van der Waals surface area (Å²) < 4.78 is 7.20. The van der Waals surface area contributed by atoms with Crippen molar-refractivity contribution < 1.29 is 4.74 Å². The highest BCUT2D eigenvalue weighted by Crippen LogP contribution is 2.33. The van der Waals surface area contributed by atoms with Gasteiger partial charge in [0.05, 0.1) is 11.2 Å². The van der Waals surface area contributed by atoms with Gasteiger partial charge < -0.3 is 15.4 Å². The molecule has 2 N–H and O–H groups in total. The first-order chi connectivity index (χ1) is 8.71. The van der Waals surface area contributed by atoms with Gasteiger partial charge in [0, 0.05) is 29.8 Å². The maximum Gasteiger partial charge on any atom is 0.0808 e. The predicted octanol–water partition coefficient (Wildman–Crippen LogP) is 3.30. The van der Waals surface area contributed by atoms with Gasteiger partial charge in [0.1, 0.15) is 0 Å². The van der Waals surface area contributed by atoms with Gasteiger partial charge in [-0.15, -0.1) is 0 Å². The summed E-state index contributed by atoms with van der Waals surface area (Å²) in [5.41, 5.74) is 7.82. The molecule has 19 heavy (non-hydrogen) atoms. The van der Waals surface area contributed by atoms with E-state index in [0.29, 0.717) is 6.54 Å². The Labute approximate surface area is 124 Å². The minimum atomic E-state index is -0.146. The molecule has 0 radical (unpaired) electrons. The standard InChI is InChI=1S/C15H23BrN2O/c1-14(2)9-18(10-15(3,4)19-14)13-6-11(8-17)5-12(16)7-13/h5-7H,8-10,17H2,1-4H3. The van der Waals surface area contributed by atoms with E-state index in [0.717, 1.165) is 23.1 Å². The summed E-state index contributed by atoms with van der Waals surface area (Å²) in [4.78, 5) is 2.38. The van der Waals surface area contributed by atoms with Crippen LogP contribution >= 0.6 is 15.9 Å². The molecule has 4 heteroatoms. The van der Waals surface area contributed by atoms with Gasteiger partial charge in [-0.3, -0.25) is 0 Å². The first kappa shape index (κ1) is 14.8. The molecule has 1 saturated heterocycles. The third kappa shape index (κ3) is 3.71. The van der Waals surface area contributed by atoms with Gasteiger partial charge in [0.25, 0.3) is 0 Å². The van der Waals surface area contributed by atoms with Gasteiger partial charge in [-0.25, -0.2) is 0 Å². The SMILES string of the molecule is CC1(C)CN(c2cc(Br)cc(CN)c2)CC(C)(C)O1. The van der Waals surface area contributed by atoms with Gasteiger partial charge >= 0.3 is 0 Å². The molecule has 1 aromatic carbocycles. The zero-order valence-corrected chi connectivity index (χ0v) is 13.8. The molecule has 0 aliphatic carbocycles. The third-order valence-corrected chi connectivity index (χ3v) is 3.70. The smallest absolute Gasteiger partial charge is 0.0808 e. The van der Waals surface area contributed by atoms with Crippen LogP contribution < -0.4 is 10.6 Å². The number of ether oxygens (including phenoxy) is 1. The van der Waals surface area contributed by atoms with Crippen molar-refractivity contribution in [2.24, 2.45) is 5.73 Å². The number of anilines is 1. The van der Waals surface area contributed by atoms with Gasteiger partial charge in [-0.2, -0.15) is 0 Å². The summed E-state index contributed by atoms with van der Waals surface area (Å²) >= 11 is 3.56. The number of morpholine rings is 1. The van der Waals surface area contributed by atoms with E-state index in [4.69, 9.17) is 10.5 Å². The topological polar surface area (TPSA) is 38.5 Å². The van der Waals surface area contributed by atoms with Crippen molar-refractivity contribution in [3.8, 4) is 0 Å². The lowest BCUT2D eigenvalue weighted by molar-refractivity contribution is -0.133. The maximum atomic E-state index is 6.12. The van der Waals surface area contributed by atoms with Crippen molar-refractivity contribution in [1.29, 1.82) is 0 Å². The monoisotopic (exact) mass is 326 g/mol. The Hall–Kier alpha value is -0.580. The Morgan fingerprint density at radius 3 is 2.26 bits per heavy atom. The Bertz CT molecular complexity index is 455. The maximum absolute atomic E-state index is 6.12. The van der Waals surface area contributed by atoms with E-state index in [1.165, 1.54) is 5.69 Å². The lowest BCUT2D eigenvalue weighted by Gasteiger charge is -2.48. The molecular formula is C15H23BrN2O. The quantitative estimate of drug-likeness (QED) is 0.906. The highest BCUT2D eigenvalue weighted by atomic mass is 79.9. The Morgan fingerprint density at radius 1 is 1.16 bits per heavy atom. The van der Waals surface area contributed by atoms with Gasteiger partial charge in [0.15, 0.2) is 0 Å². The van der Waals surface area contributed by atoms with Crippen LogP contribution in [0.25, 0.3) is 0 Å². The summed E-state index contributed by atoms with van der Waals surface area (Å²) in [5, 5.41) is 0. The molecule has 1 aliphatic heterocycles. The third-order valence-electron chi connectivity index (χ3n) is 3.24. The number of hydrogen-bond donors (Lipinski definition) is 1. The van der Waals surface area contributed by atoms with Gasteiger partial charge in [-0.05, 0) is 51.5 Å². The molecule has 1 heterocycles. The van der Waals surface area contributed by atoms with Crippen molar-refractivity contribution in [2.75, 3.05) is 18.0 Å². The van der Waals surface area contributed by atoms with Crippen LogP contribution in [-0.4, -0.2) is 24.3 Å². The second kappa shape index (κ2) is 5.08. The van der Waals surface area contributed by atoms with Gasteiger partial charge in [0.2, 0.25) is 0 Å². The first-order valence-corrected chi connectivity index (χ1v) is 7.45. The number of nitrogens with zero attached hydrogens (tertiary/aromatic N) is 1. The number of halogens is 1. The summed E-state index contributed by atoms with van der Waals surface area (Å²) in [6.07, 6.45) is 0. The normalized spacial score (nSPS) is 21.5. The summed E-state index contributed by atoms with van der Waals surface area (Å²) in [6.45, 7) is 10.9. The molecule has 0 atom stereocenters. The second-order valence-corrected chi connectivity index (χ2v) is 7.41. The molecule has 3 nitrogen and oxygen atoms in total. The number of nitrogens with two attached hydrogens (primary N) is 1. The summed E-state index contributed by atoms with van der Waals surface area (Å²) in [7, 11) is 0. The Balaban J connectivity index is 2.33. The van der Waals surface area contributed by atoms with Crippen molar-refractivity contribution >= 4 is 21.6 Å². The lowest BCUT2D eigenvalue weighted by atomic mass is 9.98. The average molecular weight is 327 g/mol. The van der Waals surface area contributed by atoms with Crippen LogP contribution in [0.2, 0.25) is 0 Å². The van der Waals surface area contributed by atoms with E-state index in [9.17, 15) is 0 Å². The molecule has 1 fully saturated rings. The van der Waals surface area contributed by atoms with Crippen molar-refractivity contribution in [1.82, 2.24) is 0 Å². The highest BCUT2D eigenvalue weighted by Gasteiger charge is 2.38. The van der Waals surface area contributed by atoms with E-state index in [1.807, 2.05) is 0 Å². The predicted molar refractivity (Wildman–Crippen MR) is 83.5 cm³/mol. The molecular weight excluding hydrogens is 304 g/mol. The molecule has 2 rings (SSSR count). The molecule has 0 aromatic heterocycles. The summed E-state index contributed by atoms with van der Waals surface area (Å²) in [6, 6.07) is 6.39. The van der Waals surface area contributed by atoms with Crippen LogP contribution in [0.4, 0.5) is 5.69 Å². The molecule has 1 aliphatic rings. The fourth-order valence-corrected chi connectivity index (χ4v) is 3.43. The lowest BCUT2D eigenvalue weighted by Crippen LogP contribution is -2.57. The number of benzene rings is 1. The van der Waals surface area contributed by atoms with E-state index in [2.05, 4.69) is 66.7 Å².